The third kappa shape index (κ3) is 3.62. The van der Waals surface area contributed by atoms with Crippen LogP contribution in [0.15, 0.2) is 36.7 Å². The summed E-state index contributed by atoms with van der Waals surface area (Å²) in [6.45, 7) is 5.34. The van der Waals surface area contributed by atoms with Crippen LogP contribution in [0.25, 0.3) is 0 Å². The van der Waals surface area contributed by atoms with Crippen molar-refractivity contribution in [3.05, 3.63) is 48.0 Å². The molecule has 0 N–H and O–H groups in total. The maximum Gasteiger partial charge on any atom is 0.229 e. The molecule has 2 aromatic rings. The zero-order valence-corrected chi connectivity index (χ0v) is 15.4. The Morgan fingerprint density at radius 2 is 2.08 bits per heavy atom. The number of para-hydroxylation sites is 1. The average molecular weight is 353 g/mol. The summed E-state index contributed by atoms with van der Waals surface area (Å²) in [4.78, 5) is 19.2. The molecule has 0 aliphatic carbocycles. The lowest BCUT2D eigenvalue weighted by molar-refractivity contribution is -0.138. The molecule has 1 amide bonds. The van der Waals surface area contributed by atoms with Gasteiger partial charge in [-0.15, -0.1) is 0 Å². The molecular weight excluding hydrogens is 326 g/mol. The van der Waals surface area contributed by atoms with Crippen LogP contribution in [-0.4, -0.2) is 40.1 Å². The molecule has 138 valence electrons. The van der Waals surface area contributed by atoms with Gasteiger partial charge in [0.1, 0.15) is 18.2 Å². The predicted molar refractivity (Wildman–Crippen MR) is 100 cm³/mol. The van der Waals surface area contributed by atoms with Crippen LogP contribution in [0.3, 0.4) is 0 Å². The Labute approximate surface area is 155 Å². The number of benzene rings is 1. The minimum absolute atomic E-state index is 0.0324. The minimum atomic E-state index is -0.0324. The van der Waals surface area contributed by atoms with Crippen LogP contribution in [-0.2, 0) is 17.8 Å². The first-order chi connectivity index (χ1) is 12.7. The third-order valence-corrected chi connectivity index (χ3v) is 5.86. The topological polar surface area (TPSA) is 47.4 Å². The van der Waals surface area contributed by atoms with Crippen molar-refractivity contribution in [1.82, 2.24) is 14.5 Å². The first-order valence-electron chi connectivity index (χ1n) is 9.68. The van der Waals surface area contributed by atoms with E-state index in [-0.39, 0.29) is 11.8 Å². The van der Waals surface area contributed by atoms with Crippen molar-refractivity contribution in [2.75, 3.05) is 19.7 Å². The number of carbonyl (C=O) groups excluding carboxylic acids is 1. The van der Waals surface area contributed by atoms with Crippen LogP contribution in [0, 0.1) is 18.8 Å². The number of carbonyl (C=O) groups is 1. The molecule has 0 radical (unpaired) electrons. The minimum Gasteiger partial charge on any atom is -0.492 e. The maximum atomic E-state index is 12.9. The van der Waals surface area contributed by atoms with E-state index in [4.69, 9.17) is 4.74 Å². The van der Waals surface area contributed by atoms with E-state index in [1.165, 1.54) is 6.42 Å². The molecule has 0 spiro atoms. The Morgan fingerprint density at radius 1 is 1.27 bits per heavy atom. The molecule has 26 heavy (non-hydrogen) atoms. The van der Waals surface area contributed by atoms with E-state index in [1.54, 1.807) is 0 Å². The molecule has 2 aliphatic rings. The zero-order valence-electron chi connectivity index (χ0n) is 15.4. The molecule has 0 bridgehead atoms. The van der Waals surface area contributed by atoms with Crippen LogP contribution in [0.1, 0.15) is 30.7 Å². The van der Waals surface area contributed by atoms with Crippen molar-refractivity contribution >= 4 is 5.91 Å². The Bertz CT molecular complexity index is 762. The highest BCUT2D eigenvalue weighted by molar-refractivity contribution is 5.80. The molecular formula is C21H27N3O2. The van der Waals surface area contributed by atoms with E-state index in [0.717, 1.165) is 56.0 Å². The van der Waals surface area contributed by atoms with E-state index < -0.39 is 0 Å². The molecule has 3 heterocycles. The van der Waals surface area contributed by atoms with Gasteiger partial charge in [-0.2, -0.15) is 0 Å². The number of rotatable bonds is 4. The Hall–Kier alpha value is -2.30. The lowest BCUT2D eigenvalue weighted by Gasteiger charge is -2.35. The van der Waals surface area contributed by atoms with Crippen molar-refractivity contribution in [2.45, 2.75) is 39.2 Å². The highest BCUT2D eigenvalue weighted by Gasteiger charge is 2.31. The lowest BCUT2D eigenvalue weighted by atomic mass is 9.91. The van der Waals surface area contributed by atoms with Gasteiger partial charge in [-0.1, -0.05) is 18.2 Å². The molecule has 5 nitrogen and oxygen atoms in total. The van der Waals surface area contributed by atoms with Gasteiger partial charge < -0.3 is 14.2 Å². The van der Waals surface area contributed by atoms with Gasteiger partial charge in [0, 0.05) is 32.0 Å². The van der Waals surface area contributed by atoms with Crippen molar-refractivity contribution in [1.29, 1.82) is 0 Å². The fourth-order valence-electron chi connectivity index (χ4n) is 4.15. The number of likely N-dealkylation sites (tertiary alicyclic amines) is 1. The number of hydrogen-bond donors (Lipinski definition) is 0. The van der Waals surface area contributed by atoms with Gasteiger partial charge in [0.05, 0.1) is 5.92 Å². The van der Waals surface area contributed by atoms with Gasteiger partial charge in [-0.05, 0) is 50.2 Å². The number of aryl methyl sites for hydroxylation is 2. The van der Waals surface area contributed by atoms with Crippen molar-refractivity contribution in [3.63, 3.8) is 0 Å². The summed E-state index contributed by atoms with van der Waals surface area (Å²) < 4.78 is 8.02. The first-order valence-corrected chi connectivity index (χ1v) is 9.68. The van der Waals surface area contributed by atoms with Crippen molar-refractivity contribution < 1.29 is 9.53 Å². The van der Waals surface area contributed by atoms with Crippen LogP contribution < -0.4 is 4.74 Å². The van der Waals surface area contributed by atoms with Crippen LogP contribution in [0.4, 0.5) is 0 Å². The Kier molecular flexibility index (Phi) is 4.96. The fourth-order valence-corrected chi connectivity index (χ4v) is 4.15. The largest absolute Gasteiger partial charge is 0.492 e. The molecule has 1 fully saturated rings. The highest BCUT2D eigenvalue weighted by Crippen LogP contribution is 2.29. The summed E-state index contributed by atoms with van der Waals surface area (Å²) in [6.07, 6.45) is 8.08. The van der Waals surface area contributed by atoms with Crippen molar-refractivity contribution in [3.8, 4) is 5.75 Å². The highest BCUT2D eigenvalue weighted by atomic mass is 16.5. The van der Waals surface area contributed by atoms with E-state index in [0.29, 0.717) is 12.5 Å². The SMILES string of the molecule is Cc1nccn1CCC1CCN(C(=O)C2COc3ccccc3C2)CC1. The number of aromatic nitrogens is 2. The molecule has 0 saturated carbocycles. The standard InChI is InChI=1S/C21H27N3O2/c1-16-22-9-13-23(16)10-6-17-7-11-24(12-8-17)21(25)19-14-18-4-2-3-5-20(18)26-15-19/h2-5,9,13,17,19H,6-8,10-12,14-15H2,1H3. The van der Waals surface area contributed by atoms with Gasteiger partial charge in [0.15, 0.2) is 0 Å². The number of fused-ring (bicyclic) bond motifs is 1. The normalized spacial score (nSPS) is 20.5. The summed E-state index contributed by atoms with van der Waals surface area (Å²) in [5.41, 5.74) is 1.16. The molecule has 5 heteroatoms. The molecule has 2 aliphatic heterocycles. The summed E-state index contributed by atoms with van der Waals surface area (Å²) in [5, 5.41) is 0. The van der Waals surface area contributed by atoms with E-state index in [1.807, 2.05) is 31.3 Å². The van der Waals surface area contributed by atoms with Crippen molar-refractivity contribution in [2.24, 2.45) is 11.8 Å². The van der Waals surface area contributed by atoms with E-state index in [9.17, 15) is 4.79 Å². The summed E-state index contributed by atoms with van der Waals surface area (Å²) in [5.74, 6) is 2.95. The number of imidazole rings is 1. The van der Waals surface area contributed by atoms with Crippen LogP contribution >= 0.6 is 0 Å². The van der Waals surface area contributed by atoms with Gasteiger partial charge >= 0.3 is 0 Å². The maximum absolute atomic E-state index is 12.9. The molecule has 1 aromatic carbocycles. The predicted octanol–water partition coefficient (Wildman–Crippen LogP) is 3.07. The van der Waals surface area contributed by atoms with Gasteiger partial charge in [0.2, 0.25) is 5.91 Å². The smallest absolute Gasteiger partial charge is 0.229 e. The second kappa shape index (κ2) is 7.52. The van der Waals surface area contributed by atoms with Gasteiger partial charge in [-0.25, -0.2) is 4.98 Å². The average Bonchev–Trinajstić information content (AvgIpc) is 3.10. The molecule has 1 unspecified atom stereocenters. The summed E-state index contributed by atoms with van der Waals surface area (Å²) >= 11 is 0. The number of nitrogens with zero attached hydrogens (tertiary/aromatic N) is 3. The van der Waals surface area contributed by atoms with Gasteiger partial charge in [-0.3, -0.25) is 4.79 Å². The molecule has 1 atom stereocenters. The molecule has 1 saturated heterocycles. The monoisotopic (exact) mass is 353 g/mol. The van der Waals surface area contributed by atoms with Gasteiger partial charge in [0.25, 0.3) is 0 Å². The zero-order chi connectivity index (χ0) is 17.9. The van der Waals surface area contributed by atoms with E-state index >= 15 is 0 Å². The first kappa shape index (κ1) is 17.1. The van der Waals surface area contributed by atoms with Crippen LogP contribution in [0.2, 0.25) is 0 Å². The second-order valence-electron chi connectivity index (χ2n) is 7.54. The molecule has 4 rings (SSSR count). The number of ether oxygens (including phenoxy) is 1. The lowest BCUT2D eigenvalue weighted by Crippen LogP contribution is -2.44. The fraction of sp³-hybridized carbons (Fsp3) is 0.524. The number of hydrogen-bond acceptors (Lipinski definition) is 3. The summed E-state index contributed by atoms with van der Waals surface area (Å²) in [6, 6.07) is 8.06. The Morgan fingerprint density at radius 3 is 2.85 bits per heavy atom. The second-order valence-corrected chi connectivity index (χ2v) is 7.54. The summed E-state index contributed by atoms with van der Waals surface area (Å²) in [7, 11) is 0. The quantitative estimate of drug-likeness (QED) is 0.849. The Balaban J connectivity index is 1.27. The third-order valence-electron chi connectivity index (χ3n) is 5.86. The van der Waals surface area contributed by atoms with Crippen LogP contribution in [0.5, 0.6) is 5.75 Å². The van der Waals surface area contributed by atoms with E-state index in [2.05, 4.69) is 26.7 Å². The number of piperidine rings is 1. The number of amides is 1. The molecule has 1 aromatic heterocycles.